The van der Waals surface area contributed by atoms with Gasteiger partial charge in [-0.2, -0.15) is 4.98 Å². The summed E-state index contributed by atoms with van der Waals surface area (Å²) < 4.78 is 29.8. The summed E-state index contributed by atoms with van der Waals surface area (Å²) in [6.07, 6.45) is 2.60. The van der Waals surface area contributed by atoms with Crippen LogP contribution >= 0.6 is 0 Å². The topological polar surface area (TPSA) is 130 Å². The zero-order chi connectivity index (χ0) is 35.0. The van der Waals surface area contributed by atoms with Gasteiger partial charge < -0.3 is 18.6 Å². The molecule has 2 N–H and O–H groups in total. The molecular formula is C37H49N5O6Si. The van der Waals surface area contributed by atoms with Gasteiger partial charge in [-0.15, -0.1) is 0 Å². The summed E-state index contributed by atoms with van der Waals surface area (Å²) in [4.78, 5) is 37.3. The minimum absolute atomic E-state index is 0.0323. The third-order valence-electron chi connectivity index (χ3n) is 10.2. The van der Waals surface area contributed by atoms with E-state index in [9.17, 15) is 9.59 Å². The van der Waals surface area contributed by atoms with Gasteiger partial charge in [0.2, 0.25) is 11.9 Å². The molecule has 1 aliphatic carbocycles. The lowest BCUT2D eigenvalue weighted by Crippen LogP contribution is -2.61. The number of imidazole rings is 1. The predicted octanol–water partition coefficient (Wildman–Crippen LogP) is 6.73. The molecule has 1 amide bonds. The van der Waals surface area contributed by atoms with Crippen LogP contribution in [0.1, 0.15) is 71.2 Å². The van der Waals surface area contributed by atoms with Crippen LogP contribution in [0.3, 0.4) is 0 Å². The van der Waals surface area contributed by atoms with E-state index in [2.05, 4.69) is 54.1 Å². The molecular weight excluding hydrogens is 639 g/mol. The SMILES string of the molecule is CC(C)C(=O)Nc1nc2c(ncn2[C@H]2CC(OCc3ccccc3)[C@@](COCc3ccccc3)(C3(O[Si](C)(C)C(C)(C)C)CC3)O2)c(=O)[nH]1. The molecule has 11 nitrogen and oxygen atoms in total. The summed E-state index contributed by atoms with van der Waals surface area (Å²) in [5.41, 5.74) is 0.505. The highest BCUT2D eigenvalue weighted by Gasteiger charge is 2.71. The number of hydrogen-bond acceptors (Lipinski definition) is 8. The molecule has 0 spiro atoms. The Bertz CT molecular complexity index is 1820. The first-order valence-corrected chi connectivity index (χ1v) is 20.1. The van der Waals surface area contributed by atoms with E-state index < -0.39 is 37.4 Å². The van der Waals surface area contributed by atoms with Gasteiger partial charge in [-0.25, -0.2) is 4.98 Å². The zero-order valence-corrected chi connectivity index (χ0v) is 30.6. The summed E-state index contributed by atoms with van der Waals surface area (Å²) in [6.45, 7) is 15.8. The standard InChI is InChI=1S/C37H49N5O6Si/c1-25(2)32(43)40-34-39-31-30(33(44)41-34)38-24-42(31)29-20-28(46-22-27-16-12-9-13-17-27)37(47-29,23-45-21-26-14-10-8-11-15-26)36(18-19-36)48-49(6,7)35(3,4)5/h8-17,24-25,28-29H,18-23H2,1-7H3,(H2,39,40,41,43,44)/t28?,29-,37+/m1/s1. The molecule has 4 aromatic rings. The third kappa shape index (κ3) is 7.15. The molecule has 3 heterocycles. The molecule has 262 valence electrons. The summed E-state index contributed by atoms with van der Waals surface area (Å²) in [5.74, 6) is -0.489. The van der Waals surface area contributed by atoms with Crippen LogP contribution in [0.4, 0.5) is 5.95 Å². The first-order chi connectivity index (χ1) is 23.2. The van der Waals surface area contributed by atoms with E-state index in [-0.39, 0.29) is 34.9 Å². The summed E-state index contributed by atoms with van der Waals surface area (Å²) in [5, 5.41) is 2.68. The largest absolute Gasteiger partial charge is 0.408 e. The Morgan fingerprint density at radius 3 is 2.29 bits per heavy atom. The van der Waals surface area contributed by atoms with Gasteiger partial charge in [0.1, 0.15) is 11.8 Å². The predicted molar refractivity (Wildman–Crippen MR) is 190 cm³/mol. The molecule has 1 saturated heterocycles. The van der Waals surface area contributed by atoms with Crippen LogP contribution in [0.15, 0.2) is 71.8 Å². The lowest BCUT2D eigenvalue weighted by Gasteiger charge is -2.47. The number of amides is 1. The zero-order valence-electron chi connectivity index (χ0n) is 29.6. The second-order valence-corrected chi connectivity index (χ2v) is 19.9. The van der Waals surface area contributed by atoms with Crippen molar-refractivity contribution in [2.75, 3.05) is 11.9 Å². The minimum atomic E-state index is -2.29. The Morgan fingerprint density at radius 1 is 1.06 bits per heavy atom. The lowest BCUT2D eigenvalue weighted by molar-refractivity contribution is -0.209. The fraction of sp³-hybridized carbons (Fsp3) is 0.514. The number of fused-ring (bicyclic) bond motifs is 1. The monoisotopic (exact) mass is 687 g/mol. The number of carbonyl (C=O) groups is 1. The number of aromatic amines is 1. The first-order valence-electron chi connectivity index (χ1n) is 17.2. The van der Waals surface area contributed by atoms with Crippen molar-refractivity contribution in [1.29, 1.82) is 0 Å². The van der Waals surface area contributed by atoms with Gasteiger partial charge >= 0.3 is 0 Å². The minimum Gasteiger partial charge on any atom is -0.408 e. The Balaban J connectivity index is 1.41. The second kappa shape index (κ2) is 13.6. The van der Waals surface area contributed by atoms with E-state index in [1.807, 2.05) is 60.7 Å². The van der Waals surface area contributed by atoms with Crippen LogP contribution in [0.25, 0.3) is 11.2 Å². The van der Waals surface area contributed by atoms with E-state index >= 15 is 0 Å². The molecule has 0 radical (unpaired) electrons. The van der Waals surface area contributed by atoms with Crippen molar-refractivity contribution >= 4 is 31.3 Å². The van der Waals surface area contributed by atoms with Gasteiger partial charge in [0.15, 0.2) is 19.5 Å². The fourth-order valence-corrected chi connectivity index (χ4v) is 7.92. The highest BCUT2D eigenvalue weighted by atomic mass is 28.4. The summed E-state index contributed by atoms with van der Waals surface area (Å²) in [6, 6.07) is 20.2. The molecule has 2 aliphatic rings. The van der Waals surface area contributed by atoms with E-state index in [1.54, 1.807) is 24.7 Å². The van der Waals surface area contributed by atoms with Crippen molar-refractivity contribution in [2.45, 2.75) is 109 Å². The van der Waals surface area contributed by atoms with Crippen molar-refractivity contribution in [3.8, 4) is 0 Å². The van der Waals surface area contributed by atoms with Crippen molar-refractivity contribution in [3.05, 3.63) is 88.5 Å². The molecule has 2 aromatic heterocycles. The van der Waals surface area contributed by atoms with Gasteiger partial charge in [0, 0.05) is 12.3 Å². The van der Waals surface area contributed by atoms with Crippen LogP contribution in [-0.4, -0.2) is 57.7 Å². The molecule has 2 fully saturated rings. The van der Waals surface area contributed by atoms with E-state index in [0.29, 0.717) is 25.3 Å². The summed E-state index contributed by atoms with van der Waals surface area (Å²) in [7, 11) is -2.29. The molecule has 6 rings (SSSR count). The number of nitrogens with one attached hydrogen (secondary N) is 2. The van der Waals surface area contributed by atoms with Gasteiger partial charge in [-0.05, 0) is 42.1 Å². The summed E-state index contributed by atoms with van der Waals surface area (Å²) >= 11 is 0. The number of rotatable bonds is 13. The third-order valence-corrected chi connectivity index (χ3v) is 14.8. The van der Waals surface area contributed by atoms with Gasteiger partial charge in [-0.3, -0.25) is 24.5 Å². The van der Waals surface area contributed by atoms with Crippen molar-refractivity contribution in [1.82, 2.24) is 19.5 Å². The molecule has 1 unspecified atom stereocenters. The lowest BCUT2D eigenvalue weighted by atomic mass is 9.88. The van der Waals surface area contributed by atoms with Crippen molar-refractivity contribution in [2.24, 2.45) is 5.92 Å². The highest BCUT2D eigenvalue weighted by Crippen LogP contribution is 2.60. The van der Waals surface area contributed by atoms with Crippen molar-refractivity contribution in [3.63, 3.8) is 0 Å². The number of benzene rings is 2. The Hall–Kier alpha value is -3.68. The van der Waals surface area contributed by atoms with Crippen LogP contribution < -0.4 is 10.9 Å². The smallest absolute Gasteiger partial charge is 0.280 e. The Labute approximate surface area is 288 Å². The molecule has 12 heteroatoms. The molecule has 0 bridgehead atoms. The van der Waals surface area contributed by atoms with Crippen LogP contribution in [0, 0.1) is 5.92 Å². The number of aromatic nitrogens is 4. The quantitative estimate of drug-likeness (QED) is 0.148. The number of carbonyl (C=O) groups excluding carboxylic acids is 1. The average Bonchev–Trinajstić information content (AvgIpc) is 3.54. The van der Waals surface area contributed by atoms with Crippen LogP contribution in [-0.2, 0) is 36.6 Å². The van der Waals surface area contributed by atoms with Gasteiger partial charge in [0.25, 0.3) is 5.56 Å². The molecule has 2 aromatic carbocycles. The number of H-pyrrole nitrogens is 1. The number of anilines is 1. The first kappa shape index (κ1) is 35.2. The number of hydrogen-bond donors (Lipinski definition) is 2. The molecule has 1 saturated carbocycles. The Morgan fingerprint density at radius 2 is 1.69 bits per heavy atom. The fourth-order valence-electron chi connectivity index (χ4n) is 6.26. The normalized spacial score (nSPS) is 22.1. The number of ether oxygens (including phenoxy) is 3. The van der Waals surface area contributed by atoms with Crippen LogP contribution in [0.2, 0.25) is 18.1 Å². The molecule has 3 atom stereocenters. The van der Waals surface area contributed by atoms with E-state index in [1.165, 1.54) is 0 Å². The highest BCUT2D eigenvalue weighted by molar-refractivity contribution is 6.74. The van der Waals surface area contributed by atoms with Gasteiger partial charge in [-0.1, -0.05) is 95.3 Å². The van der Waals surface area contributed by atoms with Crippen molar-refractivity contribution < 1.29 is 23.4 Å². The maximum atomic E-state index is 13.1. The molecule has 49 heavy (non-hydrogen) atoms. The second-order valence-electron chi connectivity index (χ2n) is 15.2. The van der Waals surface area contributed by atoms with E-state index in [0.717, 1.165) is 24.0 Å². The van der Waals surface area contributed by atoms with Gasteiger partial charge in [0.05, 0.1) is 37.9 Å². The maximum Gasteiger partial charge on any atom is 0.280 e. The number of nitrogens with zero attached hydrogens (tertiary/aromatic N) is 3. The van der Waals surface area contributed by atoms with E-state index in [4.69, 9.17) is 18.6 Å². The Kier molecular flexibility index (Phi) is 9.73. The maximum absolute atomic E-state index is 13.1. The van der Waals surface area contributed by atoms with Crippen LogP contribution in [0.5, 0.6) is 0 Å². The average molecular weight is 688 g/mol. The molecule has 1 aliphatic heterocycles.